The number of hydrogen-bond donors (Lipinski definition) is 0. The van der Waals surface area contributed by atoms with Crippen molar-refractivity contribution in [3.8, 4) is 0 Å². The average molecular weight is 235 g/mol. The highest BCUT2D eigenvalue weighted by atomic mass is 16.6. The molecular formula is C14H21NO2. The number of hydrogen-bond acceptors (Lipinski definition) is 2. The lowest BCUT2D eigenvalue weighted by atomic mass is 10.00. The van der Waals surface area contributed by atoms with Crippen molar-refractivity contribution in [2.45, 2.75) is 32.6 Å². The Balaban J connectivity index is 1.73. The molecule has 0 atom stereocenters. The summed E-state index contributed by atoms with van der Waals surface area (Å²) < 4.78 is 5.32. The Labute approximate surface area is 103 Å². The molecule has 3 heteroatoms. The van der Waals surface area contributed by atoms with E-state index in [-0.39, 0.29) is 6.09 Å². The summed E-state index contributed by atoms with van der Waals surface area (Å²) in [4.78, 5) is 13.6. The smallest absolute Gasteiger partial charge is 0.410 e. The van der Waals surface area contributed by atoms with Crippen LogP contribution in [0.1, 0.15) is 32.6 Å². The van der Waals surface area contributed by atoms with Crippen molar-refractivity contribution < 1.29 is 9.53 Å². The molecule has 1 amide bonds. The van der Waals surface area contributed by atoms with E-state index in [1.807, 2.05) is 4.90 Å². The third-order valence-corrected chi connectivity index (χ3v) is 3.48. The molecule has 2 aliphatic rings. The highest BCUT2D eigenvalue weighted by Gasteiger charge is 2.21. The quantitative estimate of drug-likeness (QED) is 0.736. The Bertz CT molecular complexity index is 325. The lowest BCUT2D eigenvalue weighted by Crippen LogP contribution is -2.38. The van der Waals surface area contributed by atoms with E-state index in [4.69, 9.17) is 4.74 Å². The van der Waals surface area contributed by atoms with Gasteiger partial charge in [0.15, 0.2) is 0 Å². The molecule has 0 spiro atoms. The van der Waals surface area contributed by atoms with E-state index in [0.717, 1.165) is 50.3 Å². The molecule has 0 aromatic heterocycles. The number of allylic oxidation sites excluding steroid dienone is 2. The lowest BCUT2D eigenvalue weighted by molar-refractivity contribution is 0.0965. The van der Waals surface area contributed by atoms with Crippen LogP contribution in [0, 0.1) is 5.92 Å². The van der Waals surface area contributed by atoms with Crippen molar-refractivity contribution in [2.24, 2.45) is 5.92 Å². The molecule has 0 N–H and O–H groups in total. The fraction of sp³-hybridized carbons (Fsp3) is 0.643. The van der Waals surface area contributed by atoms with Gasteiger partial charge in [-0.3, -0.25) is 0 Å². The number of amides is 1. The second-order valence-corrected chi connectivity index (χ2v) is 4.98. The van der Waals surface area contributed by atoms with Crippen LogP contribution in [0.2, 0.25) is 0 Å². The first kappa shape index (κ1) is 12.2. The Kier molecular flexibility index (Phi) is 4.24. The molecule has 1 heterocycles. The molecule has 0 aromatic rings. The van der Waals surface area contributed by atoms with Gasteiger partial charge in [-0.15, -0.1) is 0 Å². The van der Waals surface area contributed by atoms with Gasteiger partial charge >= 0.3 is 6.09 Å². The van der Waals surface area contributed by atoms with Gasteiger partial charge in [-0.25, -0.2) is 4.79 Å². The summed E-state index contributed by atoms with van der Waals surface area (Å²) in [7, 11) is 0. The van der Waals surface area contributed by atoms with E-state index in [9.17, 15) is 4.79 Å². The van der Waals surface area contributed by atoms with Gasteiger partial charge in [0.1, 0.15) is 6.61 Å². The molecule has 1 aliphatic carbocycles. The number of carbonyl (C=O) groups excluding carboxylic acids is 1. The minimum absolute atomic E-state index is 0.156. The standard InChI is InChI=1S/C14H21NO2/c1-12-7-9-15(10-8-12)14(16)17-11-13-5-3-2-4-6-13/h3,5-6,12H,2,4,7-11H2,1H3. The van der Waals surface area contributed by atoms with E-state index >= 15 is 0 Å². The van der Waals surface area contributed by atoms with Crippen LogP contribution in [-0.2, 0) is 4.74 Å². The highest BCUT2D eigenvalue weighted by molar-refractivity contribution is 5.68. The summed E-state index contributed by atoms with van der Waals surface area (Å²) in [6.45, 7) is 4.34. The average Bonchev–Trinajstić information content (AvgIpc) is 2.38. The predicted molar refractivity (Wildman–Crippen MR) is 67.8 cm³/mol. The highest BCUT2D eigenvalue weighted by Crippen LogP contribution is 2.17. The molecule has 0 bridgehead atoms. The number of rotatable bonds is 2. The first-order valence-corrected chi connectivity index (χ1v) is 6.53. The zero-order valence-corrected chi connectivity index (χ0v) is 10.5. The summed E-state index contributed by atoms with van der Waals surface area (Å²) in [5.41, 5.74) is 1.12. The fourth-order valence-corrected chi connectivity index (χ4v) is 2.20. The van der Waals surface area contributed by atoms with Gasteiger partial charge in [-0.1, -0.05) is 25.2 Å². The number of nitrogens with zero attached hydrogens (tertiary/aromatic N) is 1. The third-order valence-electron chi connectivity index (χ3n) is 3.48. The third kappa shape index (κ3) is 3.62. The second kappa shape index (κ2) is 5.89. The van der Waals surface area contributed by atoms with E-state index < -0.39 is 0 Å². The van der Waals surface area contributed by atoms with E-state index in [2.05, 4.69) is 25.2 Å². The molecule has 1 aliphatic heterocycles. The zero-order chi connectivity index (χ0) is 12.1. The molecule has 1 fully saturated rings. The van der Waals surface area contributed by atoms with Crippen LogP contribution in [0.25, 0.3) is 0 Å². The summed E-state index contributed by atoms with van der Waals surface area (Å²) in [5.74, 6) is 0.739. The molecule has 0 unspecified atom stereocenters. The topological polar surface area (TPSA) is 29.5 Å². The normalized spacial score (nSPS) is 21.2. The fourth-order valence-electron chi connectivity index (χ4n) is 2.20. The van der Waals surface area contributed by atoms with Gasteiger partial charge < -0.3 is 9.64 Å². The van der Waals surface area contributed by atoms with Gasteiger partial charge in [-0.05, 0) is 37.2 Å². The van der Waals surface area contributed by atoms with Crippen molar-refractivity contribution in [2.75, 3.05) is 19.7 Å². The SMILES string of the molecule is CC1CCN(C(=O)OCC2=CCCC=C2)CC1. The summed E-state index contributed by atoms with van der Waals surface area (Å²) in [6, 6.07) is 0. The van der Waals surface area contributed by atoms with Gasteiger partial charge in [0, 0.05) is 13.1 Å². The number of ether oxygens (including phenoxy) is 1. The van der Waals surface area contributed by atoms with Crippen LogP contribution in [-0.4, -0.2) is 30.7 Å². The molecule has 0 radical (unpaired) electrons. The van der Waals surface area contributed by atoms with Crippen molar-refractivity contribution in [3.05, 3.63) is 23.8 Å². The maximum absolute atomic E-state index is 11.8. The Hall–Kier alpha value is -1.25. The molecule has 3 nitrogen and oxygen atoms in total. The van der Waals surface area contributed by atoms with E-state index in [0.29, 0.717) is 6.61 Å². The minimum Gasteiger partial charge on any atom is -0.445 e. The first-order valence-electron chi connectivity index (χ1n) is 6.53. The second-order valence-electron chi connectivity index (χ2n) is 4.98. The van der Waals surface area contributed by atoms with Gasteiger partial charge in [0.25, 0.3) is 0 Å². The van der Waals surface area contributed by atoms with E-state index in [1.165, 1.54) is 0 Å². The molecule has 0 saturated carbocycles. The lowest BCUT2D eigenvalue weighted by Gasteiger charge is -2.29. The van der Waals surface area contributed by atoms with Gasteiger partial charge in [0.2, 0.25) is 0 Å². The summed E-state index contributed by atoms with van der Waals surface area (Å²) >= 11 is 0. The Morgan fingerprint density at radius 2 is 2.18 bits per heavy atom. The zero-order valence-electron chi connectivity index (χ0n) is 10.5. The molecule has 1 saturated heterocycles. The van der Waals surface area contributed by atoms with Crippen molar-refractivity contribution in [1.29, 1.82) is 0 Å². The summed E-state index contributed by atoms with van der Waals surface area (Å²) in [5, 5.41) is 0. The maximum Gasteiger partial charge on any atom is 0.410 e. The largest absolute Gasteiger partial charge is 0.445 e. The maximum atomic E-state index is 11.8. The Morgan fingerprint density at radius 1 is 1.41 bits per heavy atom. The summed E-state index contributed by atoms with van der Waals surface area (Å²) in [6.07, 6.45) is 10.5. The van der Waals surface area contributed by atoms with Crippen LogP contribution < -0.4 is 0 Å². The van der Waals surface area contributed by atoms with Crippen molar-refractivity contribution >= 4 is 6.09 Å². The van der Waals surface area contributed by atoms with Crippen LogP contribution in [0.4, 0.5) is 4.79 Å². The van der Waals surface area contributed by atoms with Crippen LogP contribution in [0.5, 0.6) is 0 Å². The van der Waals surface area contributed by atoms with Crippen LogP contribution >= 0.6 is 0 Å². The van der Waals surface area contributed by atoms with Crippen molar-refractivity contribution in [1.82, 2.24) is 4.90 Å². The van der Waals surface area contributed by atoms with Gasteiger partial charge in [-0.2, -0.15) is 0 Å². The number of likely N-dealkylation sites (tertiary alicyclic amines) is 1. The molecule has 17 heavy (non-hydrogen) atoms. The monoisotopic (exact) mass is 235 g/mol. The van der Waals surface area contributed by atoms with Crippen molar-refractivity contribution in [3.63, 3.8) is 0 Å². The van der Waals surface area contributed by atoms with Crippen LogP contribution in [0.15, 0.2) is 23.8 Å². The molecule has 0 aromatic carbocycles. The van der Waals surface area contributed by atoms with E-state index in [1.54, 1.807) is 0 Å². The van der Waals surface area contributed by atoms with Gasteiger partial charge in [0.05, 0.1) is 0 Å². The predicted octanol–water partition coefficient (Wildman–Crippen LogP) is 3.13. The first-order chi connectivity index (χ1) is 8.25. The molecule has 2 rings (SSSR count). The Morgan fingerprint density at radius 3 is 2.82 bits per heavy atom. The number of carbonyl (C=O) groups is 1. The minimum atomic E-state index is -0.156. The molecular weight excluding hydrogens is 214 g/mol. The molecule has 94 valence electrons. The van der Waals surface area contributed by atoms with Crippen LogP contribution in [0.3, 0.4) is 0 Å². The number of piperidine rings is 1.